The fourth-order valence-corrected chi connectivity index (χ4v) is 3.57. The second-order valence-electron chi connectivity index (χ2n) is 4.77. The molecule has 0 amide bonds. The molecule has 0 fully saturated rings. The summed E-state index contributed by atoms with van der Waals surface area (Å²) in [7, 11) is 0. The van der Waals surface area contributed by atoms with Crippen molar-refractivity contribution < 1.29 is 0 Å². The van der Waals surface area contributed by atoms with E-state index in [1.165, 1.54) is 11.3 Å². The van der Waals surface area contributed by atoms with Crippen molar-refractivity contribution in [3.8, 4) is 0 Å². The van der Waals surface area contributed by atoms with Crippen molar-refractivity contribution in [3.63, 3.8) is 0 Å². The van der Waals surface area contributed by atoms with Gasteiger partial charge in [-0.3, -0.25) is 4.68 Å². The molecule has 0 bridgehead atoms. The molecule has 5 heteroatoms. The van der Waals surface area contributed by atoms with E-state index < -0.39 is 0 Å². The molecule has 0 saturated carbocycles. The highest BCUT2D eigenvalue weighted by Crippen LogP contribution is 2.30. The van der Waals surface area contributed by atoms with Crippen molar-refractivity contribution >= 4 is 43.5 Å². The molecule has 0 N–H and O–H groups in total. The summed E-state index contributed by atoms with van der Waals surface area (Å²) in [6.07, 6.45) is 0.931. The van der Waals surface area contributed by atoms with Crippen LogP contribution in [0, 0.1) is 6.92 Å². The van der Waals surface area contributed by atoms with Crippen LogP contribution in [0.5, 0.6) is 0 Å². The molecule has 1 unspecified atom stereocenters. The van der Waals surface area contributed by atoms with E-state index in [0.29, 0.717) is 5.92 Å². The van der Waals surface area contributed by atoms with Crippen LogP contribution in [0.3, 0.4) is 0 Å². The van der Waals surface area contributed by atoms with E-state index in [1.807, 2.05) is 25.1 Å². The molecular weight excluding hydrogens is 403 g/mol. The summed E-state index contributed by atoms with van der Waals surface area (Å²) in [6.45, 7) is 5.03. The van der Waals surface area contributed by atoms with Gasteiger partial charge in [0.15, 0.2) is 0 Å². The van der Waals surface area contributed by atoms with Crippen molar-refractivity contribution in [2.45, 2.75) is 32.7 Å². The first kappa shape index (κ1) is 16.1. The van der Waals surface area contributed by atoms with Crippen molar-refractivity contribution in [2.24, 2.45) is 0 Å². The first-order chi connectivity index (χ1) is 9.56. The number of rotatable bonds is 5. The Balaban J connectivity index is 2.31. The van der Waals surface area contributed by atoms with Gasteiger partial charge in [-0.25, -0.2) is 0 Å². The topological polar surface area (TPSA) is 17.8 Å². The van der Waals surface area contributed by atoms with Crippen molar-refractivity contribution in [1.29, 1.82) is 0 Å². The number of hydrogen-bond donors (Lipinski definition) is 0. The number of aromatic nitrogens is 2. The Morgan fingerprint density at radius 2 is 2.15 bits per heavy atom. The highest BCUT2D eigenvalue weighted by Gasteiger charge is 2.18. The summed E-state index contributed by atoms with van der Waals surface area (Å²) in [5.74, 6) is 0.381. The first-order valence-electron chi connectivity index (χ1n) is 6.60. The third kappa shape index (κ3) is 3.46. The van der Waals surface area contributed by atoms with Gasteiger partial charge in [-0.1, -0.05) is 39.7 Å². The van der Waals surface area contributed by atoms with Gasteiger partial charge in [0.2, 0.25) is 0 Å². The summed E-state index contributed by atoms with van der Waals surface area (Å²) >= 11 is 13.4. The Morgan fingerprint density at radius 1 is 1.40 bits per heavy atom. The molecule has 0 aliphatic heterocycles. The molecule has 1 atom stereocenters. The SMILES string of the molecule is CCn1nc(C)c(Br)c1CC(CBr)c1cccc(Cl)c1. The van der Waals surface area contributed by atoms with E-state index >= 15 is 0 Å². The molecule has 0 aliphatic rings. The van der Waals surface area contributed by atoms with Crippen LogP contribution in [0.15, 0.2) is 28.7 Å². The number of nitrogens with zero attached hydrogens (tertiary/aromatic N) is 2. The second kappa shape index (κ2) is 7.10. The molecule has 0 radical (unpaired) electrons. The van der Waals surface area contributed by atoms with Gasteiger partial charge >= 0.3 is 0 Å². The predicted octanol–water partition coefficient (Wildman–Crippen LogP) is 5.35. The smallest absolute Gasteiger partial charge is 0.0738 e. The van der Waals surface area contributed by atoms with Crippen LogP contribution in [0.25, 0.3) is 0 Å². The monoisotopic (exact) mass is 418 g/mol. The molecule has 2 nitrogen and oxygen atoms in total. The lowest BCUT2D eigenvalue weighted by molar-refractivity contribution is 0.596. The predicted molar refractivity (Wildman–Crippen MR) is 92.0 cm³/mol. The maximum Gasteiger partial charge on any atom is 0.0738 e. The molecule has 1 heterocycles. The van der Waals surface area contributed by atoms with E-state index in [1.54, 1.807) is 0 Å². The van der Waals surface area contributed by atoms with Gasteiger partial charge in [-0.2, -0.15) is 5.10 Å². The summed E-state index contributed by atoms with van der Waals surface area (Å²) in [5.41, 5.74) is 3.54. The maximum atomic E-state index is 6.10. The quantitative estimate of drug-likeness (QED) is 0.597. The third-order valence-electron chi connectivity index (χ3n) is 3.40. The molecule has 0 spiro atoms. The molecule has 1 aromatic heterocycles. The zero-order valence-corrected chi connectivity index (χ0v) is 15.5. The highest BCUT2D eigenvalue weighted by atomic mass is 79.9. The Labute approximate surface area is 141 Å². The van der Waals surface area contributed by atoms with Crippen LogP contribution < -0.4 is 0 Å². The molecule has 0 aliphatic carbocycles. The Hall–Kier alpha value is -0.320. The van der Waals surface area contributed by atoms with Crippen LogP contribution >= 0.6 is 43.5 Å². The zero-order chi connectivity index (χ0) is 14.7. The van der Waals surface area contributed by atoms with Crippen molar-refractivity contribution in [3.05, 3.63) is 50.7 Å². The normalized spacial score (nSPS) is 12.7. The van der Waals surface area contributed by atoms with Gasteiger partial charge in [0.25, 0.3) is 0 Å². The summed E-state index contributed by atoms with van der Waals surface area (Å²) in [6, 6.07) is 8.09. The maximum absolute atomic E-state index is 6.10. The number of aryl methyl sites for hydroxylation is 2. The largest absolute Gasteiger partial charge is 0.268 e. The first-order valence-corrected chi connectivity index (χ1v) is 8.89. The molecule has 108 valence electrons. The molecule has 0 saturated heterocycles. The number of hydrogen-bond acceptors (Lipinski definition) is 1. The fourth-order valence-electron chi connectivity index (χ4n) is 2.32. The molecule has 2 rings (SSSR count). The fraction of sp³-hybridized carbons (Fsp3) is 0.400. The summed E-state index contributed by atoms with van der Waals surface area (Å²) < 4.78 is 3.19. The van der Waals surface area contributed by atoms with Gasteiger partial charge in [0.1, 0.15) is 0 Å². The van der Waals surface area contributed by atoms with E-state index in [4.69, 9.17) is 11.6 Å². The Morgan fingerprint density at radius 3 is 2.75 bits per heavy atom. The molecule has 2 aromatic rings. The Kier molecular flexibility index (Phi) is 5.70. The van der Waals surface area contributed by atoms with Gasteiger partial charge < -0.3 is 0 Å². The van der Waals surface area contributed by atoms with Crippen LogP contribution in [-0.2, 0) is 13.0 Å². The molecular formula is C15H17Br2ClN2. The third-order valence-corrected chi connectivity index (χ3v) is 5.45. The zero-order valence-electron chi connectivity index (χ0n) is 11.5. The minimum absolute atomic E-state index is 0.381. The van der Waals surface area contributed by atoms with Crippen LogP contribution in [0.4, 0.5) is 0 Å². The average molecular weight is 421 g/mol. The minimum Gasteiger partial charge on any atom is -0.268 e. The lowest BCUT2D eigenvalue weighted by Crippen LogP contribution is -2.10. The van der Waals surface area contributed by atoms with E-state index in [2.05, 4.69) is 54.6 Å². The summed E-state index contributed by atoms with van der Waals surface area (Å²) in [5, 5.41) is 6.24. The lowest BCUT2D eigenvalue weighted by Gasteiger charge is -2.16. The van der Waals surface area contributed by atoms with Gasteiger partial charge in [0, 0.05) is 16.9 Å². The number of benzene rings is 1. The van der Waals surface area contributed by atoms with E-state index in [-0.39, 0.29) is 0 Å². The standard InChI is InChI=1S/C15H17Br2ClN2/c1-3-20-14(15(17)10(2)19-20)8-12(9-16)11-5-4-6-13(18)7-11/h4-7,12H,3,8-9H2,1-2H3. The molecule has 1 aromatic carbocycles. The number of alkyl halides is 1. The average Bonchev–Trinajstić information content (AvgIpc) is 2.71. The van der Waals surface area contributed by atoms with Crippen molar-refractivity contribution in [1.82, 2.24) is 9.78 Å². The van der Waals surface area contributed by atoms with E-state index in [0.717, 1.165) is 33.5 Å². The van der Waals surface area contributed by atoms with Crippen LogP contribution in [0.1, 0.15) is 29.8 Å². The Bertz CT molecular complexity index is 596. The van der Waals surface area contributed by atoms with Crippen LogP contribution in [0.2, 0.25) is 5.02 Å². The second-order valence-corrected chi connectivity index (χ2v) is 6.65. The highest BCUT2D eigenvalue weighted by molar-refractivity contribution is 9.10. The van der Waals surface area contributed by atoms with Gasteiger partial charge in [-0.15, -0.1) is 0 Å². The summed E-state index contributed by atoms with van der Waals surface area (Å²) in [4.78, 5) is 0. The van der Waals surface area contributed by atoms with Gasteiger partial charge in [-0.05, 0) is 59.8 Å². The lowest BCUT2D eigenvalue weighted by atomic mass is 9.96. The number of halogens is 3. The van der Waals surface area contributed by atoms with E-state index in [9.17, 15) is 0 Å². The van der Waals surface area contributed by atoms with Gasteiger partial charge in [0.05, 0.1) is 15.9 Å². The van der Waals surface area contributed by atoms with Crippen molar-refractivity contribution in [2.75, 3.05) is 5.33 Å². The minimum atomic E-state index is 0.381. The molecule has 20 heavy (non-hydrogen) atoms. The van der Waals surface area contributed by atoms with Crippen LogP contribution in [-0.4, -0.2) is 15.1 Å².